The SMILES string of the molecule is C[C@H](NC(=O)c1ccccc1)C(=O)N[C@@H](C)c1ccc(S(N)(=O)=O)cc1. The van der Waals surface area contributed by atoms with Crippen LogP contribution < -0.4 is 15.8 Å². The number of hydrogen-bond acceptors (Lipinski definition) is 4. The summed E-state index contributed by atoms with van der Waals surface area (Å²) in [6.45, 7) is 3.35. The molecule has 0 saturated heterocycles. The van der Waals surface area contributed by atoms with Gasteiger partial charge in [0.25, 0.3) is 5.91 Å². The molecule has 26 heavy (non-hydrogen) atoms. The standard InChI is InChI=1S/C18H21N3O4S/c1-12(14-8-10-16(11-9-14)26(19,24)25)20-17(22)13(2)21-18(23)15-6-4-3-5-7-15/h3-13H,1-2H3,(H,20,22)(H,21,23)(H2,19,24,25)/t12-,13-/m0/s1. The van der Waals surface area contributed by atoms with Gasteiger partial charge in [0, 0.05) is 5.56 Å². The van der Waals surface area contributed by atoms with Crippen molar-refractivity contribution in [3.05, 3.63) is 65.7 Å². The minimum Gasteiger partial charge on any atom is -0.348 e. The number of hydrogen-bond donors (Lipinski definition) is 3. The van der Waals surface area contributed by atoms with Crippen LogP contribution in [0.1, 0.15) is 35.8 Å². The van der Waals surface area contributed by atoms with Crippen molar-refractivity contribution in [1.29, 1.82) is 0 Å². The Kier molecular flexibility index (Phi) is 6.12. The number of primary sulfonamides is 1. The quantitative estimate of drug-likeness (QED) is 0.706. The molecule has 0 spiro atoms. The van der Waals surface area contributed by atoms with Crippen LogP contribution in [-0.2, 0) is 14.8 Å². The summed E-state index contributed by atoms with van der Waals surface area (Å²) in [6.07, 6.45) is 0. The van der Waals surface area contributed by atoms with Crippen LogP contribution in [0.3, 0.4) is 0 Å². The van der Waals surface area contributed by atoms with Crippen molar-refractivity contribution in [3.63, 3.8) is 0 Å². The Hall–Kier alpha value is -2.71. The number of sulfonamides is 1. The summed E-state index contributed by atoms with van der Waals surface area (Å²) in [5.41, 5.74) is 1.19. The van der Waals surface area contributed by atoms with Crippen molar-refractivity contribution in [3.8, 4) is 0 Å². The molecule has 2 aromatic rings. The van der Waals surface area contributed by atoms with Gasteiger partial charge in [-0.25, -0.2) is 13.6 Å². The van der Waals surface area contributed by atoms with E-state index in [0.29, 0.717) is 11.1 Å². The van der Waals surface area contributed by atoms with E-state index in [0.717, 1.165) is 0 Å². The van der Waals surface area contributed by atoms with Crippen LogP contribution in [0, 0.1) is 0 Å². The number of nitrogens with one attached hydrogen (secondary N) is 2. The van der Waals surface area contributed by atoms with Crippen molar-refractivity contribution < 1.29 is 18.0 Å². The van der Waals surface area contributed by atoms with Gasteiger partial charge in [-0.2, -0.15) is 0 Å². The zero-order valence-corrected chi connectivity index (χ0v) is 15.3. The highest BCUT2D eigenvalue weighted by Crippen LogP contribution is 2.15. The van der Waals surface area contributed by atoms with Gasteiger partial charge in [-0.3, -0.25) is 9.59 Å². The lowest BCUT2D eigenvalue weighted by Gasteiger charge is -2.19. The molecule has 0 saturated carbocycles. The van der Waals surface area contributed by atoms with E-state index in [4.69, 9.17) is 5.14 Å². The first-order chi connectivity index (χ1) is 12.2. The van der Waals surface area contributed by atoms with Crippen LogP contribution in [0.2, 0.25) is 0 Å². The average molecular weight is 375 g/mol. The average Bonchev–Trinajstić information content (AvgIpc) is 2.61. The number of amides is 2. The summed E-state index contributed by atoms with van der Waals surface area (Å²) in [6, 6.07) is 13.4. The van der Waals surface area contributed by atoms with E-state index in [1.54, 1.807) is 56.3 Å². The molecule has 4 N–H and O–H groups in total. The topological polar surface area (TPSA) is 118 Å². The van der Waals surface area contributed by atoms with Crippen LogP contribution >= 0.6 is 0 Å². The molecule has 2 rings (SSSR count). The Labute approximate surface area is 152 Å². The van der Waals surface area contributed by atoms with Gasteiger partial charge in [0.2, 0.25) is 15.9 Å². The lowest BCUT2D eigenvalue weighted by Crippen LogP contribution is -2.45. The van der Waals surface area contributed by atoms with Gasteiger partial charge in [0.15, 0.2) is 0 Å². The second-order valence-electron chi connectivity index (χ2n) is 5.91. The van der Waals surface area contributed by atoms with Crippen molar-refractivity contribution in [1.82, 2.24) is 10.6 Å². The van der Waals surface area contributed by atoms with E-state index in [1.165, 1.54) is 12.1 Å². The molecule has 0 bridgehead atoms. The first kappa shape index (κ1) is 19.6. The molecule has 2 amide bonds. The summed E-state index contributed by atoms with van der Waals surface area (Å²) in [7, 11) is -3.76. The van der Waals surface area contributed by atoms with E-state index in [9.17, 15) is 18.0 Å². The second-order valence-corrected chi connectivity index (χ2v) is 7.47. The third-order valence-electron chi connectivity index (χ3n) is 3.84. The van der Waals surface area contributed by atoms with E-state index in [-0.39, 0.29) is 22.8 Å². The Balaban J connectivity index is 1.96. The Morgan fingerprint density at radius 3 is 2.04 bits per heavy atom. The molecule has 8 heteroatoms. The molecule has 138 valence electrons. The van der Waals surface area contributed by atoms with Crippen LogP contribution in [0.25, 0.3) is 0 Å². The molecule has 7 nitrogen and oxygen atoms in total. The first-order valence-electron chi connectivity index (χ1n) is 7.97. The number of nitrogens with two attached hydrogens (primary N) is 1. The highest BCUT2D eigenvalue weighted by molar-refractivity contribution is 7.89. The molecule has 0 radical (unpaired) electrons. The summed E-state index contributed by atoms with van der Waals surface area (Å²) < 4.78 is 22.5. The smallest absolute Gasteiger partial charge is 0.251 e. The number of rotatable bonds is 6. The van der Waals surface area contributed by atoms with Crippen LogP contribution in [0.4, 0.5) is 0 Å². The molecule has 0 fully saturated rings. The zero-order chi connectivity index (χ0) is 19.3. The van der Waals surface area contributed by atoms with E-state index in [2.05, 4.69) is 10.6 Å². The molecule has 0 aromatic heterocycles. The van der Waals surface area contributed by atoms with Crippen LogP contribution in [0.5, 0.6) is 0 Å². The minimum absolute atomic E-state index is 0.00303. The lowest BCUT2D eigenvalue weighted by molar-refractivity contribution is -0.123. The molecule has 0 aliphatic rings. The van der Waals surface area contributed by atoms with Crippen LogP contribution in [0.15, 0.2) is 59.5 Å². The van der Waals surface area contributed by atoms with Gasteiger partial charge in [-0.05, 0) is 43.7 Å². The molecular weight excluding hydrogens is 354 g/mol. The van der Waals surface area contributed by atoms with Crippen molar-refractivity contribution >= 4 is 21.8 Å². The number of carbonyl (C=O) groups excluding carboxylic acids is 2. The normalized spacial score (nSPS) is 13.5. The summed E-state index contributed by atoms with van der Waals surface area (Å²) >= 11 is 0. The summed E-state index contributed by atoms with van der Waals surface area (Å²) in [5, 5.41) is 10.5. The molecule has 0 heterocycles. The van der Waals surface area contributed by atoms with Gasteiger partial charge in [0.05, 0.1) is 10.9 Å². The van der Waals surface area contributed by atoms with E-state index in [1.807, 2.05) is 0 Å². The Morgan fingerprint density at radius 2 is 1.50 bits per heavy atom. The van der Waals surface area contributed by atoms with Crippen molar-refractivity contribution in [2.75, 3.05) is 0 Å². The fourth-order valence-corrected chi connectivity index (χ4v) is 2.82. The second kappa shape index (κ2) is 8.11. The highest BCUT2D eigenvalue weighted by atomic mass is 32.2. The molecule has 0 aliphatic heterocycles. The molecule has 2 atom stereocenters. The predicted molar refractivity (Wildman–Crippen MR) is 97.7 cm³/mol. The van der Waals surface area contributed by atoms with E-state index < -0.39 is 16.1 Å². The van der Waals surface area contributed by atoms with Crippen molar-refractivity contribution in [2.45, 2.75) is 30.8 Å². The largest absolute Gasteiger partial charge is 0.348 e. The molecule has 0 unspecified atom stereocenters. The fraction of sp³-hybridized carbons (Fsp3) is 0.222. The van der Waals surface area contributed by atoms with Gasteiger partial charge in [-0.1, -0.05) is 30.3 Å². The molecular formula is C18H21N3O4S. The zero-order valence-electron chi connectivity index (χ0n) is 14.5. The summed E-state index contributed by atoms with van der Waals surface area (Å²) in [5.74, 6) is -0.685. The third kappa shape index (κ3) is 5.14. The summed E-state index contributed by atoms with van der Waals surface area (Å²) in [4.78, 5) is 24.4. The minimum atomic E-state index is -3.76. The monoisotopic (exact) mass is 375 g/mol. The van der Waals surface area contributed by atoms with Gasteiger partial charge < -0.3 is 10.6 Å². The highest BCUT2D eigenvalue weighted by Gasteiger charge is 2.19. The maximum atomic E-state index is 12.3. The van der Waals surface area contributed by atoms with Crippen LogP contribution in [-0.4, -0.2) is 26.3 Å². The Bertz CT molecular complexity index is 880. The van der Waals surface area contributed by atoms with Gasteiger partial charge in [0.1, 0.15) is 6.04 Å². The number of carbonyl (C=O) groups is 2. The fourth-order valence-electron chi connectivity index (χ4n) is 2.30. The molecule has 0 aliphatic carbocycles. The maximum absolute atomic E-state index is 12.3. The first-order valence-corrected chi connectivity index (χ1v) is 9.52. The Morgan fingerprint density at radius 1 is 0.923 bits per heavy atom. The maximum Gasteiger partial charge on any atom is 0.251 e. The third-order valence-corrected chi connectivity index (χ3v) is 4.77. The predicted octanol–water partition coefficient (Wildman–Crippen LogP) is 1.33. The lowest BCUT2D eigenvalue weighted by atomic mass is 10.1. The van der Waals surface area contributed by atoms with Crippen molar-refractivity contribution in [2.24, 2.45) is 5.14 Å². The van der Waals surface area contributed by atoms with Gasteiger partial charge in [-0.15, -0.1) is 0 Å². The molecule has 2 aromatic carbocycles. The van der Waals surface area contributed by atoms with Gasteiger partial charge >= 0.3 is 0 Å². The van der Waals surface area contributed by atoms with E-state index >= 15 is 0 Å². The number of benzene rings is 2.